The molecule has 18 heavy (non-hydrogen) atoms. The van der Waals surface area contributed by atoms with Crippen molar-refractivity contribution in [1.82, 2.24) is 4.90 Å². The average molecular weight is 255 g/mol. The zero-order valence-corrected chi connectivity index (χ0v) is 10.9. The summed E-state index contributed by atoms with van der Waals surface area (Å²) in [6.45, 7) is 1.60. The van der Waals surface area contributed by atoms with Crippen LogP contribution in [0.2, 0.25) is 0 Å². The molecule has 0 aromatic rings. The molecule has 2 fully saturated rings. The first-order valence-corrected chi connectivity index (χ1v) is 6.60. The smallest absolute Gasteiger partial charge is 0.311 e. The van der Waals surface area contributed by atoms with Crippen LogP contribution in [-0.2, 0) is 14.3 Å². The molecular formula is C13H21NO4. The van der Waals surface area contributed by atoms with Gasteiger partial charge in [0, 0.05) is 33.2 Å². The molecule has 2 rings (SSSR count). The van der Waals surface area contributed by atoms with Gasteiger partial charge in [0.05, 0.1) is 5.41 Å². The lowest BCUT2D eigenvalue weighted by molar-refractivity contribution is -0.149. The number of aliphatic carboxylic acids is 1. The number of rotatable bonds is 5. The van der Waals surface area contributed by atoms with Crippen molar-refractivity contribution in [3.8, 4) is 0 Å². The molecule has 1 saturated heterocycles. The summed E-state index contributed by atoms with van der Waals surface area (Å²) in [5, 5.41) is 9.43. The van der Waals surface area contributed by atoms with Crippen LogP contribution in [0.5, 0.6) is 0 Å². The summed E-state index contributed by atoms with van der Waals surface area (Å²) in [6, 6.07) is 0. The molecule has 5 heteroatoms. The fourth-order valence-corrected chi connectivity index (χ4v) is 3.35. The zero-order valence-electron chi connectivity index (χ0n) is 10.9. The maximum Gasteiger partial charge on any atom is 0.311 e. The van der Waals surface area contributed by atoms with Crippen LogP contribution in [-0.4, -0.2) is 48.7 Å². The van der Waals surface area contributed by atoms with Crippen LogP contribution in [0.3, 0.4) is 0 Å². The molecule has 0 bridgehead atoms. The van der Waals surface area contributed by atoms with Gasteiger partial charge in [0.15, 0.2) is 0 Å². The Morgan fingerprint density at radius 1 is 1.50 bits per heavy atom. The first-order chi connectivity index (χ1) is 8.60. The van der Waals surface area contributed by atoms with Crippen molar-refractivity contribution in [3.05, 3.63) is 0 Å². The van der Waals surface area contributed by atoms with Crippen LogP contribution in [0.1, 0.15) is 32.1 Å². The normalized spacial score (nSPS) is 30.5. The summed E-state index contributed by atoms with van der Waals surface area (Å²) in [4.78, 5) is 25.2. The molecule has 1 N–H and O–H groups in total. The Morgan fingerprint density at radius 3 is 2.89 bits per heavy atom. The van der Waals surface area contributed by atoms with E-state index in [1.807, 2.05) is 0 Å². The lowest BCUT2D eigenvalue weighted by atomic mass is 9.81. The van der Waals surface area contributed by atoms with E-state index in [1.165, 1.54) is 0 Å². The number of fused-ring (bicyclic) bond motifs is 1. The second-order valence-corrected chi connectivity index (χ2v) is 5.42. The minimum atomic E-state index is -0.725. The van der Waals surface area contributed by atoms with E-state index in [4.69, 9.17) is 4.74 Å². The monoisotopic (exact) mass is 255 g/mol. The molecule has 0 aromatic heterocycles. The van der Waals surface area contributed by atoms with E-state index in [9.17, 15) is 14.7 Å². The minimum absolute atomic E-state index is 0.0714. The quantitative estimate of drug-likeness (QED) is 0.748. The topological polar surface area (TPSA) is 66.8 Å². The van der Waals surface area contributed by atoms with Crippen LogP contribution in [0.25, 0.3) is 0 Å². The largest absolute Gasteiger partial charge is 0.481 e. The highest BCUT2D eigenvalue weighted by Crippen LogP contribution is 2.48. The molecule has 0 unspecified atom stereocenters. The van der Waals surface area contributed by atoms with Gasteiger partial charge in [-0.2, -0.15) is 0 Å². The second-order valence-electron chi connectivity index (χ2n) is 5.42. The Bertz CT molecular complexity index is 344. The molecule has 1 aliphatic heterocycles. The number of nitrogens with zero attached hydrogens (tertiary/aromatic N) is 1. The van der Waals surface area contributed by atoms with E-state index in [-0.39, 0.29) is 11.8 Å². The summed E-state index contributed by atoms with van der Waals surface area (Å²) in [6.07, 6.45) is 3.79. The summed E-state index contributed by atoms with van der Waals surface area (Å²) in [7, 11) is 1.62. The van der Waals surface area contributed by atoms with E-state index < -0.39 is 11.4 Å². The maximum absolute atomic E-state index is 12.0. The van der Waals surface area contributed by atoms with Gasteiger partial charge in [-0.3, -0.25) is 9.59 Å². The molecule has 2 aliphatic rings. The van der Waals surface area contributed by atoms with Crippen molar-refractivity contribution >= 4 is 11.9 Å². The van der Waals surface area contributed by atoms with Crippen molar-refractivity contribution in [3.63, 3.8) is 0 Å². The van der Waals surface area contributed by atoms with Crippen molar-refractivity contribution in [2.45, 2.75) is 32.1 Å². The summed E-state index contributed by atoms with van der Waals surface area (Å²) >= 11 is 0. The number of carbonyl (C=O) groups is 2. The predicted octanol–water partition coefficient (Wildman–Crippen LogP) is 1.13. The van der Waals surface area contributed by atoms with Crippen molar-refractivity contribution in [2.75, 3.05) is 26.8 Å². The molecule has 2 atom stereocenters. The summed E-state index contributed by atoms with van der Waals surface area (Å²) in [5.74, 6) is -0.499. The minimum Gasteiger partial charge on any atom is -0.481 e. The summed E-state index contributed by atoms with van der Waals surface area (Å²) < 4.78 is 4.92. The molecule has 1 heterocycles. The third-order valence-electron chi connectivity index (χ3n) is 4.39. The van der Waals surface area contributed by atoms with Crippen molar-refractivity contribution in [2.24, 2.45) is 11.3 Å². The Labute approximate surface area is 107 Å². The molecule has 5 nitrogen and oxygen atoms in total. The third kappa shape index (κ3) is 2.23. The van der Waals surface area contributed by atoms with Crippen molar-refractivity contribution in [1.29, 1.82) is 0 Å². The van der Waals surface area contributed by atoms with E-state index in [0.29, 0.717) is 32.5 Å². The van der Waals surface area contributed by atoms with Crippen molar-refractivity contribution < 1.29 is 19.4 Å². The van der Waals surface area contributed by atoms with Gasteiger partial charge in [-0.25, -0.2) is 0 Å². The van der Waals surface area contributed by atoms with Gasteiger partial charge in [-0.05, 0) is 25.2 Å². The van der Waals surface area contributed by atoms with Crippen LogP contribution in [0.15, 0.2) is 0 Å². The van der Waals surface area contributed by atoms with Crippen LogP contribution >= 0.6 is 0 Å². The molecule has 0 aromatic carbocycles. The SMILES string of the molecule is COCCCC(=O)N1C[C@@H]2CCC[C@@]2(C(=O)O)C1. The Morgan fingerprint density at radius 2 is 2.28 bits per heavy atom. The van der Waals surface area contributed by atoms with E-state index in [0.717, 1.165) is 19.3 Å². The number of carboxylic acids is 1. The third-order valence-corrected chi connectivity index (χ3v) is 4.39. The number of carboxylic acid groups (broad SMARTS) is 1. The number of ether oxygens (including phenoxy) is 1. The highest BCUT2D eigenvalue weighted by atomic mass is 16.5. The second kappa shape index (κ2) is 5.26. The Balaban J connectivity index is 1.95. The standard InChI is InChI=1S/C13H21NO4/c1-18-7-3-5-11(15)14-8-10-4-2-6-13(10,9-14)12(16)17/h10H,2-9H2,1H3,(H,16,17)/t10-,13+/m0/s1. The van der Waals surface area contributed by atoms with Gasteiger partial charge in [-0.15, -0.1) is 0 Å². The summed E-state index contributed by atoms with van der Waals surface area (Å²) in [5.41, 5.74) is -0.656. The molecular weight excluding hydrogens is 234 g/mol. The van der Waals surface area contributed by atoms with E-state index in [2.05, 4.69) is 0 Å². The van der Waals surface area contributed by atoms with Crippen LogP contribution in [0, 0.1) is 11.3 Å². The number of amides is 1. The number of likely N-dealkylation sites (tertiary alicyclic amines) is 1. The average Bonchev–Trinajstić information content (AvgIpc) is 2.85. The lowest BCUT2D eigenvalue weighted by Gasteiger charge is -2.23. The number of methoxy groups -OCH3 is 1. The highest BCUT2D eigenvalue weighted by Gasteiger charge is 2.55. The van der Waals surface area contributed by atoms with Gasteiger partial charge in [0.2, 0.25) is 5.91 Å². The molecule has 1 amide bonds. The molecule has 1 saturated carbocycles. The molecule has 102 valence electrons. The Hall–Kier alpha value is -1.10. The van der Waals surface area contributed by atoms with E-state index >= 15 is 0 Å². The fourth-order valence-electron chi connectivity index (χ4n) is 3.35. The van der Waals surface area contributed by atoms with Crippen LogP contribution < -0.4 is 0 Å². The fraction of sp³-hybridized carbons (Fsp3) is 0.846. The first-order valence-electron chi connectivity index (χ1n) is 6.60. The number of hydrogen-bond acceptors (Lipinski definition) is 3. The van der Waals surface area contributed by atoms with Gasteiger partial charge >= 0.3 is 5.97 Å². The highest BCUT2D eigenvalue weighted by molar-refractivity contribution is 5.81. The number of hydrogen-bond donors (Lipinski definition) is 1. The maximum atomic E-state index is 12.0. The van der Waals surface area contributed by atoms with Crippen LogP contribution in [0.4, 0.5) is 0 Å². The first kappa shape index (κ1) is 13.3. The molecule has 1 aliphatic carbocycles. The van der Waals surface area contributed by atoms with E-state index in [1.54, 1.807) is 12.0 Å². The lowest BCUT2D eigenvalue weighted by Crippen LogP contribution is -2.37. The predicted molar refractivity (Wildman–Crippen MR) is 65.1 cm³/mol. The number of carbonyl (C=O) groups excluding carboxylic acids is 1. The van der Waals surface area contributed by atoms with Gasteiger partial charge < -0.3 is 14.7 Å². The molecule has 0 spiro atoms. The Kier molecular flexibility index (Phi) is 3.90. The van der Waals surface area contributed by atoms with Gasteiger partial charge in [0.1, 0.15) is 0 Å². The molecule has 0 radical (unpaired) electrons. The van der Waals surface area contributed by atoms with Gasteiger partial charge in [-0.1, -0.05) is 6.42 Å². The zero-order chi connectivity index (χ0) is 13.2. The van der Waals surface area contributed by atoms with Gasteiger partial charge in [0.25, 0.3) is 0 Å².